The first-order valence-corrected chi connectivity index (χ1v) is 9.17. The molecule has 2 aromatic rings. The molecule has 5 nitrogen and oxygen atoms in total. The molecule has 2 N–H and O–H groups in total. The van der Waals surface area contributed by atoms with Gasteiger partial charge in [-0.3, -0.25) is 9.78 Å². The summed E-state index contributed by atoms with van der Waals surface area (Å²) >= 11 is 5.94. The third-order valence-corrected chi connectivity index (χ3v) is 4.99. The van der Waals surface area contributed by atoms with Crippen molar-refractivity contribution in [2.24, 2.45) is 5.92 Å². The van der Waals surface area contributed by atoms with Crippen LogP contribution in [0, 0.1) is 18.7 Å². The highest BCUT2D eigenvalue weighted by molar-refractivity contribution is 6.30. The lowest BCUT2D eigenvalue weighted by Crippen LogP contribution is -2.38. The minimum atomic E-state index is -0.336. The first kappa shape index (κ1) is 18.6. The van der Waals surface area contributed by atoms with Crippen LogP contribution in [0.25, 0.3) is 0 Å². The van der Waals surface area contributed by atoms with E-state index in [9.17, 15) is 9.18 Å². The first-order chi connectivity index (χ1) is 12.5. The minimum Gasteiger partial charge on any atom is -0.370 e. The van der Waals surface area contributed by atoms with Gasteiger partial charge in [0.1, 0.15) is 11.6 Å². The van der Waals surface area contributed by atoms with Gasteiger partial charge in [0.25, 0.3) is 5.91 Å². The molecule has 26 heavy (non-hydrogen) atoms. The number of nitrogens with zero attached hydrogens (tertiary/aromatic N) is 2. The number of hydrogen-bond acceptors (Lipinski definition) is 4. The maximum absolute atomic E-state index is 12.9. The summed E-state index contributed by atoms with van der Waals surface area (Å²) in [6.07, 6.45) is 6.66. The number of nitrogens with one attached hydrogen (secondary N) is 2. The zero-order valence-electron chi connectivity index (χ0n) is 14.6. The second-order valence-electron chi connectivity index (χ2n) is 6.72. The molecule has 0 atom stereocenters. The van der Waals surface area contributed by atoms with Crippen LogP contribution in [-0.4, -0.2) is 28.5 Å². The summed E-state index contributed by atoms with van der Waals surface area (Å²) < 4.78 is 12.9. The van der Waals surface area contributed by atoms with Gasteiger partial charge in [-0.05, 0) is 56.7 Å². The summed E-state index contributed by atoms with van der Waals surface area (Å²) in [5, 5.41) is 6.80. The van der Waals surface area contributed by atoms with Crippen LogP contribution in [0.3, 0.4) is 0 Å². The molecule has 1 fully saturated rings. The van der Waals surface area contributed by atoms with E-state index in [0.29, 0.717) is 28.0 Å². The van der Waals surface area contributed by atoms with Gasteiger partial charge >= 0.3 is 0 Å². The molecule has 3 rings (SSSR count). The summed E-state index contributed by atoms with van der Waals surface area (Å²) in [7, 11) is 0. The zero-order chi connectivity index (χ0) is 18.5. The number of carbonyl (C=O) groups is 1. The maximum atomic E-state index is 12.9. The van der Waals surface area contributed by atoms with E-state index in [4.69, 9.17) is 11.6 Å². The van der Waals surface area contributed by atoms with Gasteiger partial charge in [-0.1, -0.05) is 11.6 Å². The van der Waals surface area contributed by atoms with Crippen molar-refractivity contribution in [3.8, 4) is 0 Å². The summed E-state index contributed by atoms with van der Waals surface area (Å²) in [5.74, 6) is 0.752. The van der Waals surface area contributed by atoms with Crippen molar-refractivity contribution >= 4 is 23.3 Å². The zero-order valence-corrected chi connectivity index (χ0v) is 15.4. The lowest BCUT2D eigenvalue weighted by atomic mass is 9.86. The Balaban J connectivity index is 1.45. The normalized spacial score (nSPS) is 19.8. The minimum absolute atomic E-state index is 0.116. The summed E-state index contributed by atoms with van der Waals surface area (Å²) in [6, 6.07) is 4.86. The molecule has 1 saturated carbocycles. The number of amides is 1. The van der Waals surface area contributed by atoms with Gasteiger partial charge in [-0.15, -0.1) is 0 Å². The number of aryl methyl sites for hydroxylation is 1. The van der Waals surface area contributed by atoms with Crippen LogP contribution in [-0.2, 0) is 0 Å². The summed E-state index contributed by atoms with van der Waals surface area (Å²) in [4.78, 5) is 20.6. The Morgan fingerprint density at radius 1 is 1.23 bits per heavy atom. The second kappa shape index (κ2) is 8.45. The van der Waals surface area contributed by atoms with Crippen molar-refractivity contribution in [1.29, 1.82) is 0 Å². The van der Waals surface area contributed by atoms with Gasteiger partial charge in [-0.2, -0.15) is 0 Å². The van der Waals surface area contributed by atoms with Crippen molar-refractivity contribution in [2.45, 2.75) is 38.6 Å². The largest absolute Gasteiger partial charge is 0.370 e. The van der Waals surface area contributed by atoms with Crippen LogP contribution in [0.1, 0.15) is 41.7 Å². The van der Waals surface area contributed by atoms with Gasteiger partial charge < -0.3 is 10.6 Å². The number of halogens is 2. The van der Waals surface area contributed by atoms with E-state index < -0.39 is 0 Å². The van der Waals surface area contributed by atoms with Crippen LogP contribution in [0.15, 0.2) is 30.6 Å². The van der Waals surface area contributed by atoms with E-state index in [0.717, 1.165) is 32.2 Å². The van der Waals surface area contributed by atoms with E-state index in [1.807, 2.05) is 0 Å². The van der Waals surface area contributed by atoms with Crippen LogP contribution in [0.2, 0.25) is 5.02 Å². The van der Waals surface area contributed by atoms with Crippen molar-refractivity contribution in [1.82, 2.24) is 15.3 Å². The topological polar surface area (TPSA) is 66.9 Å². The highest BCUT2D eigenvalue weighted by Crippen LogP contribution is 2.25. The molecule has 0 aromatic carbocycles. The average Bonchev–Trinajstić information content (AvgIpc) is 2.64. The highest BCUT2D eigenvalue weighted by Gasteiger charge is 2.23. The number of hydrogen-bond donors (Lipinski definition) is 2. The van der Waals surface area contributed by atoms with Crippen LogP contribution in [0.4, 0.5) is 10.2 Å². The van der Waals surface area contributed by atoms with Gasteiger partial charge in [0.15, 0.2) is 0 Å². The molecule has 2 aromatic heterocycles. The molecule has 0 radical (unpaired) electrons. The molecule has 0 bridgehead atoms. The predicted octanol–water partition coefficient (Wildman–Crippen LogP) is 3.98. The van der Waals surface area contributed by atoms with E-state index in [-0.39, 0.29) is 17.8 Å². The number of anilines is 1. The lowest BCUT2D eigenvalue weighted by Gasteiger charge is -2.29. The highest BCUT2D eigenvalue weighted by atomic mass is 35.5. The molecule has 0 spiro atoms. The Morgan fingerprint density at radius 3 is 2.69 bits per heavy atom. The van der Waals surface area contributed by atoms with Crippen molar-refractivity contribution < 1.29 is 9.18 Å². The molecule has 1 aliphatic carbocycles. The number of rotatable bonds is 5. The Morgan fingerprint density at radius 2 is 2.00 bits per heavy atom. The fraction of sp³-hybridized carbons (Fsp3) is 0.421. The van der Waals surface area contributed by atoms with E-state index in [1.165, 1.54) is 12.3 Å². The summed E-state index contributed by atoms with van der Waals surface area (Å²) in [5.41, 5.74) is 1.21. The lowest BCUT2D eigenvalue weighted by molar-refractivity contribution is 0.0921. The fourth-order valence-corrected chi connectivity index (χ4v) is 3.40. The van der Waals surface area contributed by atoms with Crippen molar-refractivity contribution in [3.63, 3.8) is 0 Å². The van der Waals surface area contributed by atoms with Crippen molar-refractivity contribution in [3.05, 3.63) is 52.7 Å². The summed E-state index contributed by atoms with van der Waals surface area (Å²) in [6.45, 7) is 2.61. The Kier molecular flexibility index (Phi) is 6.04. The molecule has 0 aliphatic heterocycles. The molecule has 1 amide bonds. The average molecular weight is 377 g/mol. The smallest absolute Gasteiger partial charge is 0.253 e. The first-order valence-electron chi connectivity index (χ1n) is 8.79. The predicted molar refractivity (Wildman–Crippen MR) is 99.9 cm³/mol. The Hall–Kier alpha value is -2.21. The fourth-order valence-electron chi connectivity index (χ4n) is 3.24. The SMILES string of the molecule is Cc1ncc(Cl)cc1C(=O)N[C@H]1CC[C@H](CNc2ccc(F)cn2)CC1. The van der Waals surface area contributed by atoms with Gasteiger partial charge in [0, 0.05) is 18.8 Å². The van der Waals surface area contributed by atoms with Crippen molar-refractivity contribution in [2.75, 3.05) is 11.9 Å². The van der Waals surface area contributed by atoms with Crippen LogP contribution >= 0.6 is 11.6 Å². The van der Waals surface area contributed by atoms with E-state index in [1.54, 1.807) is 25.3 Å². The van der Waals surface area contributed by atoms with Crippen LogP contribution in [0.5, 0.6) is 0 Å². The number of aromatic nitrogens is 2. The molecular formula is C19H22ClFN4O. The molecular weight excluding hydrogens is 355 g/mol. The molecule has 0 saturated heterocycles. The standard InChI is InChI=1S/C19H22ClFN4O/c1-12-17(8-14(20)10-22-12)19(26)25-16-5-2-13(3-6-16)9-23-18-7-4-15(21)11-24-18/h4,7-8,10-11,13,16H,2-3,5-6,9H2,1H3,(H,23,24)(H,25,26)/t13-,16-. The molecule has 7 heteroatoms. The monoisotopic (exact) mass is 376 g/mol. The van der Waals surface area contributed by atoms with Gasteiger partial charge in [0.2, 0.25) is 0 Å². The third kappa shape index (κ3) is 4.91. The number of pyridine rings is 2. The van der Waals surface area contributed by atoms with Gasteiger partial charge in [-0.25, -0.2) is 9.37 Å². The molecule has 1 aliphatic rings. The Labute approximate surface area is 157 Å². The maximum Gasteiger partial charge on any atom is 0.253 e. The molecule has 0 unspecified atom stereocenters. The quantitative estimate of drug-likeness (QED) is 0.828. The van der Waals surface area contributed by atoms with E-state index >= 15 is 0 Å². The van der Waals surface area contributed by atoms with E-state index in [2.05, 4.69) is 20.6 Å². The number of carbonyl (C=O) groups excluding carboxylic acids is 1. The molecule has 2 heterocycles. The van der Waals surface area contributed by atoms with Gasteiger partial charge in [0.05, 0.1) is 22.5 Å². The third-order valence-electron chi connectivity index (χ3n) is 4.78. The second-order valence-corrected chi connectivity index (χ2v) is 7.16. The molecule has 138 valence electrons. The Bertz CT molecular complexity index is 761. The van der Waals surface area contributed by atoms with Crippen LogP contribution < -0.4 is 10.6 Å².